The summed E-state index contributed by atoms with van der Waals surface area (Å²) in [6.07, 6.45) is 9.59. The van der Waals surface area contributed by atoms with Gasteiger partial charge in [-0.1, -0.05) is 6.92 Å². The van der Waals surface area contributed by atoms with Crippen LogP contribution in [-0.2, 0) is 0 Å². The minimum atomic E-state index is 0.675. The lowest BCUT2D eigenvalue weighted by molar-refractivity contribution is 0.442. The highest BCUT2D eigenvalue weighted by Gasteiger charge is 2.21. The van der Waals surface area contributed by atoms with Crippen LogP contribution in [0.25, 0.3) is 22.6 Å². The van der Waals surface area contributed by atoms with Crippen LogP contribution in [0.1, 0.15) is 19.8 Å². The summed E-state index contributed by atoms with van der Waals surface area (Å²) in [7, 11) is 0. The van der Waals surface area contributed by atoms with Crippen LogP contribution in [0.2, 0.25) is 0 Å². The monoisotopic (exact) mass is 320 g/mol. The van der Waals surface area contributed by atoms with Crippen molar-refractivity contribution in [1.29, 1.82) is 0 Å². The predicted octanol–water partition coefficient (Wildman–Crippen LogP) is 4.03. The second-order valence-corrected chi connectivity index (χ2v) is 6.34. The summed E-state index contributed by atoms with van der Waals surface area (Å²) < 4.78 is 5.62. The van der Waals surface area contributed by atoms with Gasteiger partial charge in [-0.25, -0.2) is 9.97 Å². The molecule has 0 aromatic carbocycles. The lowest BCUT2D eigenvalue weighted by Crippen LogP contribution is -2.35. The minimum Gasteiger partial charge on any atom is -0.463 e. The number of nitrogens with zero attached hydrogens (tertiary/aromatic N) is 4. The highest BCUT2D eigenvalue weighted by Crippen LogP contribution is 2.32. The highest BCUT2D eigenvalue weighted by molar-refractivity contribution is 5.78. The molecule has 0 amide bonds. The standard InChI is InChI=1S/C19H20N4O/c1-14-4-2-10-23(13-14)19-21-12-16(15-6-8-20-9-7-15)18(22-19)17-5-3-11-24-17/h3,5-9,11-12,14H,2,4,10,13H2,1H3. The van der Waals surface area contributed by atoms with Gasteiger partial charge in [-0.2, -0.15) is 0 Å². The Kier molecular flexibility index (Phi) is 3.99. The first-order valence-corrected chi connectivity index (χ1v) is 8.37. The molecule has 4 heterocycles. The number of aromatic nitrogens is 3. The number of rotatable bonds is 3. The van der Waals surface area contributed by atoms with Gasteiger partial charge in [0, 0.05) is 37.2 Å². The quantitative estimate of drug-likeness (QED) is 0.729. The summed E-state index contributed by atoms with van der Waals surface area (Å²) in [5.74, 6) is 2.22. The lowest BCUT2D eigenvalue weighted by Gasteiger charge is -2.31. The number of pyridine rings is 1. The maximum absolute atomic E-state index is 5.62. The second-order valence-electron chi connectivity index (χ2n) is 6.34. The van der Waals surface area contributed by atoms with Gasteiger partial charge in [0.15, 0.2) is 5.76 Å². The van der Waals surface area contributed by atoms with Crippen LogP contribution in [-0.4, -0.2) is 28.0 Å². The van der Waals surface area contributed by atoms with Crippen LogP contribution in [0.3, 0.4) is 0 Å². The number of hydrogen-bond acceptors (Lipinski definition) is 5. The Bertz CT molecular complexity index is 801. The van der Waals surface area contributed by atoms with Gasteiger partial charge in [0.25, 0.3) is 0 Å². The van der Waals surface area contributed by atoms with E-state index in [1.165, 1.54) is 12.8 Å². The van der Waals surface area contributed by atoms with E-state index in [2.05, 4.69) is 21.8 Å². The van der Waals surface area contributed by atoms with Gasteiger partial charge in [-0.05, 0) is 48.6 Å². The Morgan fingerprint density at radius 3 is 2.83 bits per heavy atom. The summed E-state index contributed by atoms with van der Waals surface area (Å²) in [5.41, 5.74) is 2.82. The van der Waals surface area contributed by atoms with E-state index in [0.29, 0.717) is 5.92 Å². The highest BCUT2D eigenvalue weighted by atomic mass is 16.3. The maximum atomic E-state index is 5.62. The number of hydrogen-bond donors (Lipinski definition) is 0. The molecule has 5 nitrogen and oxygen atoms in total. The van der Waals surface area contributed by atoms with Crippen LogP contribution in [0.15, 0.2) is 53.5 Å². The summed E-state index contributed by atoms with van der Waals surface area (Å²) in [6.45, 7) is 4.30. The van der Waals surface area contributed by atoms with Crippen molar-refractivity contribution >= 4 is 5.95 Å². The normalized spacial score (nSPS) is 17.9. The van der Waals surface area contributed by atoms with Gasteiger partial charge >= 0.3 is 0 Å². The molecule has 1 saturated heterocycles. The smallest absolute Gasteiger partial charge is 0.226 e. The Morgan fingerprint density at radius 1 is 1.21 bits per heavy atom. The molecule has 0 spiro atoms. The van der Waals surface area contributed by atoms with Crippen molar-refractivity contribution in [3.8, 4) is 22.6 Å². The molecule has 1 unspecified atom stereocenters. The summed E-state index contributed by atoms with van der Waals surface area (Å²) in [5, 5.41) is 0. The van der Waals surface area contributed by atoms with Crippen LogP contribution >= 0.6 is 0 Å². The fourth-order valence-electron chi connectivity index (χ4n) is 3.24. The third-order valence-electron chi connectivity index (χ3n) is 4.46. The topological polar surface area (TPSA) is 55.1 Å². The zero-order valence-electron chi connectivity index (χ0n) is 13.7. The molecule has 1 atom stereocenters. The summed E-state index contributed by atoms with van der Waals surface area (Å²) in [4.78, 5) is 15.9. The Morgan fingerprint density at radius 2 is 2.08 bits per heavy atom. The summed E-state index contributed by atoms with van der Waals surface area (Å²) in [6, 6.07) is 7.76. The van der Waals surface area contributed by atoms with E-state index in [9.17, 15) is 0 Å². The number of anilines is 1. The predicted molar refractivity (Wildman–Crippen MR) is 93.6 cm³/mol. The first kappa shape index (κ1) is 14.9. The van der Waals surface area contributed by atoms with Crippen molar-refractivity contribution < 1.29 is 4.42 Å². The van der Waals surface area contributed by atoms with E-state index in [4.69, 9.17) is 9.40 Å². The zero-order chi connectivity index (χ0) is 16.4. The van der Waals surface area contributed by atoms with Crippen LogP contribution in [0.4, 0.5) is 5.95 Å². The van der Waals surface area contributed by atoms with E-state index in [1.807, 2.05) is 30.5 Å². The average molecular weight is 320 g/mol. The average Bonchev–Trinajstić information content (AvgIpc) is 3.16. The first-order chi connectivity index (χ1) is 11.8. The molecule has 122 valence electrons. The lowest BCUT2D eigenvalue weighted by atomic mass is 10.0. The largest absolute Gasteiger partial charge is 0.463 e. The molecule has 1 fully saturated rings. The molecule has 4 rings (SSSR count). The zero-order valence-corrected chi connectivity index (χ0v) is 13.7. The third-order valence-corrected chi connectivity index (χ3v) is 4.46. The van der Waals surface area contributed by atoms with Crippen LogP contribution in [0.5, 0.6) is 0 Å². The van der Waals surface area contributed by atoms with Crippen molar-refractivity contribution in [2.75, 3.05) is 18.0 Å². The molecule has 0 aliphatic carbocycles. The molecule has 1 aliphatic heterocycles. The molecule has 0 bridgehead atoms. The van der Waals surface area contributed by atoms with Gasteiger partial charge in [0.1, 0.15) is 5.69 Å². The van der Waals surface area contributed by atoms with Crippen molar-refractivity contribution in [3.63, 3.8) is 0 Å². The molecule has 0 N–H and O–H groups in total. The van der Waals surface area contributed by atoms with Gasteiger partial charge in [0.05, 0.1) is 6.26 Å². The number of furan rings is 1. The van der Waals surface area contributed by atoms with E-state index >= 15 is 0 Å². The van der Waals surface area contributed by atoms with E-state index in [1.54, 1.807) is 18.7 Å². The molecule has 5 heteroatoms. The fourth-order valence-corrected chi connectivity index (χ4v) is 3.24. The Balaban J connectivity index is 1.78. The van der Waals surface area contributed by atoms with Crippen molar-refractivity contribution in [2.24, 2.45) is 5.92 Å². The fraction of sp³-hybridized carbons (Fsp3) is 0.316. The van der Waals surface area contributed by atoms with Crippen LogP contribution < -0.4 is 4.90 Å². The molecule has 1 aliphatic rings. The van der Waals surface area contributed by atoms with Gasteiger partial charge < -0.3 is 9.32 Å². The van der Waals surface area contributed by atoms with Gasteiger partial charge in [-0.3, -0.25) is 4.98 Å². The molecular weight excluding hydrogens is 300 g/mol. The molecule has 0 saturated carbocycles. The molecule has 3 aromatic rings. The Hall–Kier alpha value is -2.69. The van der Waals surface area contributed by atoms with Crippen molar-refractivity contribution in [3.05, 3.63) is 49.1 Å². The van der Waals surface area contributed by atoms with Crippen molar-refractivity contribution in [2.45, 2.75) is 19.8 Å². The third kappa shape index (κ3) is 2.89. The molecule has 0 radical (unpaired) electrons. The molecular formula is C19H20N4O. The SMILES string of the molecule is CC1CCCN(c2ncc(-c3ccncc3)c(-c3ccco3)n2)C1. The minimum absolute atomic E-state index is 0.675. The first-order valence-electron chi connectivity index (χ1n) is 8.37. The van der Waals surface area contributed by atoms with Gasteiger partial charge in [0.2, 0.25) is 5.95 Å². The maximum Gasteiger partial charge on any atom is 0.226 e. The van der Waals surface area contributed by atoms with E-state index in [0.717, 1.165) is 41.6 Å². The molecule has 3 aromatic heterocycles. The molecule has 24 heavy (non-hydrogen) atoms. The van der Waals surface area contributed by atoms with Crippen LogP contribution in [0, 0.1) is 5.92 Å². The Labute approximate surface area is 141 Å². The van der Waals surface area contributed by atoms with Crippen molar-refractivity contribution in [1.82, 2.24) is 15.0 Å². The van der Waals surface area contributed by atoms with E-state index < -0.39 is 0 Å². The second kappa shape index (κ2) is 6.43. The van der Waals surface area contributed by atoms with E-state index in [-0.39, 0.29) is 0 Å². The number of piperidine rings is 1. The van der Waals surface area contributed by atoms with Gasteiger partial charge in [-0.15, -0.1) is 0 Å². The summed E-state index contributed by atoms with van der Waals surface area (Å²) >= 11 is 0.